The Kier molecular flexibility index (Phi) is 5.52. The van der Waals surface area contributed by atoms with Crippen LogP contribution in [0.2, 0.25) is 0 Å². The lowest BCUT2D eigenvalue weighted by atomic mass is 9.84. The molecule has 0 fully saturated rings. The summed E-state index contributed by atoms with van der Waals surface area (Å²) < 4.78 is 2.47. The van der Waals surface area contributed by atoms with E-state index in [2.05, 4.69) is 35.0 Å². The van der Waals surface area contributed by atoms with Gasteiger partial charge in [0, 0.05) is 41.7 Å². The van der Waals surface area contributed by atoms with E-state index < -0.39 is 0 Å². The Morgan fingerprint density at radius 2 is 1.77 bits per heavy atom. The topological polar surface area (TPSA) is 39.1 Å². The quantitative estimate of drug-likeness (QED) is 0.564. The van der Waals surface area contributed by atoms with Gasteiger partial charge in [0.25, 0.3) is 5.56 Å². The monoisotopic (exact) mass is 409 g/mol. The van der Waals surface area contributed by atoms with Crippen molar-refractivity contribution in [2.75, 3.05) is 0 Å². The van der Waals surface area contributed by atoms with Gasteiger partial charge in [0.2, 0.25) is 0 Å². The molecule has 2 aromatic carbocycles. The van der Waals surface area contributed by atoms with Gasteiger partial charge < -0.3 is 4.57 Å². The molecule has 26 heavy (non-hydrogen) atoms. The fraction of sp³-hybridized carbons (Fsp3) is 0.182. The molecule has 0 amide bonds. The largest absolute Gasteiger partial charge is 0.319 e. The van der Waals surface area contributed by atoms with E-state index in [1.54, 1.807) is 19.3 Å². The summed E-state index contributed by atoms with van der Waals surface area (Å²) in [5, 5.41) is 0. The van der Waals surface area contributed by atoms with Crippen LogP contribution in [0, 0.1) is 6.92 Å². The van der Waals surface area contributed by atoms with Crippen LogP contribution in [0.4, 0.5) is 0 Å². The minimum absolute atomic E-state index is 0.0288. The van der Waals surface area contributed by atoms with Crippen molar-refractivity contribution in [2.24, 2.45) is 7.05 Å². The second kappa shape index (κ2) is 7.83. The van der Waals surface area contributed by atoms with Crippen LogP contribution < -0.4 is 5.56 Å². The third kappa shape index (κ3) is 4.02. The molecule has 0 aliphatic carbocycles. The molecule has 1 atom stereocenters. The highest BCUT2D eigenvalue weighted by molar-refractivity contribution is 9.10. The van der Waals surface area contributed by atoms with Crippen LogP contribution in [0.3, 0.4) is 0 Å². The zero-order valence-electron chi connectivity index (χ0n) is 14.8. The fourth-order valence-electron chi connectivity index (χ4n) is 3.11. The van der Waals surface area contributed by atoms with Gasteiger partial charge >= 0.3 is 0 Å². The Morgan fingerprint density at radius 3 is 2.42 bits per heavy atom. The summed E-state index contributed by atoms with van der Waals surface area (Å²) >= 11 is 3.46. The number of aryl methyl sites for hydroxylation is 2. The molecule has 1 unspecified atom stereocenters. The van der Waals surface area contributed by atoms with E-state index in [1.807, 2.05) is 36.4 Å². The maximum absolute atomic E-state index is 12.9. The van der Waals surface area contributed by atoms with Crippen LogP contribution in [0.15, 0.2) is 76.1 Å². The lowest BCUT2D eigenvalue weighted by molar-refractivity contribution is 0.0977. The van der Waals surface area contributed by atoms with Gasteiger partial charge in [-0.05, 0) is 41.8 Å². The summed E-state index contributed by atoms with van der Waals surface area (Å²) in [5.74, 6) is -0.0836. The van der Waals surface area contributed by atoms with Gasteiger partial charge in [-0.15, -0.1) is 0 Å². The normalized spacial score (nSPS) is 12.0. The zero-order valence-corrected chi connectivity index (χ0v) is 16.4. The van der Waals surface area contributed by atoms with E-state index in [4.69, 9.17) is 0 Å². The van der Waals surface area contributed by atoms with E-state index in [1.165, 1.54) is 10.6 Å². The number of rotatable bonds is 5. The number of nitrogens with zero attached hydrogens (tertiary/aromatic N) is 1. The van der Waals surface area contributed by atoms with Gasteiger partial charge in [-0.2, -0.15) is 0 Å². The van der Waals surface area contributed by atoms with Crippen LogP contribution in [0.1, 0.15) is 39.4 Å². The number of aromatic nitrogens is 1. The maximum Gasteiger partial charge on any atom is 0.250 e. The van der Waals surface area contributed by atoms with Crippen molar-refractivity contribution in [2.45, 2.75) is 19.3 Å². The third-order valence-electron chi connectivity index (χ3n) is 4.65. The molecule has 0 radical (unpaired) electrons. The highest BCUT2D eigenvalue weighted by Crippen LogP contribution is 2.32. The molecule has 0 saturated heterocycles. The van der Waals surface area contributed by atoms with Crippen molar-refractivity contribution in [3.05, 3.63) is 104 Å². The molecule has 3 aromatic rings. The molecule has 0 saturated carbocycles. The zero-order chi connectivity index (χ0) is 18.7. The summed E-state index contributed by atoms with van der Waals surface area (Å²) in [5.41, 5.74) is 3.65. The van der Waals surface area contributed by atoms with Gasteiger partial charge in [-0.1, -0.05) is 52.3 Å². The first-order valence-corrected chi connectivity index (χ1v) is 9.26. The molecule has 0 spiro atoms. The first-order chi connectivity index (χ1) is 12.5. The van der Waals surface area contributed by atoms with Crippen LogP contribution >= 0.6 is 15.9 Å². The Labute approximate surface area is 161 Å². The van der Waals surface area contributed by atoms with Gasteiger partial charge in [0.05, 0.1) is 0 Å². The second-order valence-electron chi connectivity index (χ2n) is 6.45. The third-order valence-corrected chi connectivity index (χ3v) is 5.18. The SMILES string of the molecule is Cc1ccccc1C(CC(=O)c1ccn(C)c(=O)c1)c1ccc(Br)cc1. The first-order valence-electron chi connectivity index (χ1n) is 8.46. The smallest absolute Gasteiger partial charge is 0.250 e. The number of carbonyl (C=O) groups is 1. The van der Waals surface area contributed by atoms with Crippen molar-refractivity contribution in [1.82, 2.24) is 4.57 Å². The molecule has 3 nitrogen and oxygen atoms in total. The average molecular weight is 410 g/mol. The van der Waals surface area contributed by atoms with Crippen LogP contribution in [-0.4, -0.2) is 10.4 Å². The predicted octanol–water partition coefficient (Wildman–Crippen LogP) is 4.86. The summed E-state index contributed by atoms with van der Waals surface area (Å²) in [4.78, 5) is 24.8. The van der Waals surface area contributed by atoms with E-state index in [9.17, 15) is 9.59 Å². The lowest BCUT2D eigenvalue weighted by Crippen LogP contribution is -2.18. The predicted molar refractivity (Wildman–Crippen MR) is 108 cm³/mol. The number of hydrogen-bond donors (Lipinski definition) is 0. The molecule has 1 aromatic heterocycles. The van der Waals surface area contributed by atoms with Crippen molar-refractivity contribution in [3.63, 3.8) is 0 Å². The maximum atomic E-state index is 12.9. The van der Waals surface area contributed by atoms with Crippen molar-refractivity contribution in [3.8, 4) is 0 Å². The number of carbonyl (C=O) groups excluding carboxylic acids is 1. The number of ketones is 1. The fourth-order valence-corrected chi connectivity index (χ4v) is 3.37. The van der Waals surface area contributed by atoms with Crippen LogP contribution in [0.5, 0.6) is 0 Å². The number of hydrogen-bond acceptors (Lipinski definition) is 2. The molecule has 0 bridgehead atoms. The van der Waals surface area contributed by atoms with Crippen LogP contribution in [0.25, 0.3) is 0 Å². The van der Waals surface area contributed by atoms with Crippen molar-refractivity contribution >= 4 is 21.7 Å². The Morgan fingerprint density at radius 1 is 1.08 bits per heavy atom. The molecule has 0 N–H and O–H groups in total. The van der Waals surface area contributed by atoms with E-state index in [-0.39, 0.29) is 17.3 Å². The van der Waals surface area contributed by atoms with Crippen LogP contribution in [-0.2, 0) is 7.05 Å². The molecule has 132 valence electrons. The number of benzene rings is 2. The van der Waals surface area contributed by atoms with E-state index in [0.29, 0.717) is 12.0 Å². The van der Waals surface area contributed by atoms with Gasteiger partial charge in [-0.25, -0.2) is 0 Å². The molecule has 4 heteroatoms. The Balaban J connectivity index is 1.99. The lowest BCUT2D eigenvalue weighted by Gasteiger charge is -2.20. The first kappa shape index (κ1) is 18.3. The molecule has 0 aliphatic rings. The number of Topliss-reactive ketones (excluding diaryl/α,β-unsaturated/α-hetero) is 1. The molecular weight excluding hydrogens is 390 g/mol. The van der Waals surface area contributed by atoms with Gasteiger partial charge in [0.1, 0.15) is 0 Å². The summed E-state index contributed by atoms with van der Waals surface area (Å²) in [6.45, 7) is 2.06. The summed E-state index contributed by atoms with van der Waals surface area (Å²) in [7, 11) is 1.68. The van der Waals surface area contributed by atoms with E-state index >= 15 is 0 Å². The number of pyridine rings is 1. The van der Waals surface area contributed by atoms with Crippen molar-refractivity contribution < 1.29 is 4.79 Å². The minimum atomic E-state index is -0.174. The second-order valence-corrected chi connectivity index (χ2v) is 7.37. The summed E-state index contributed by atoms with van der Waals surface area (Å²) in [6, 6.07) is 19.3. The van der Waals surface area contributed by atoms with Gasteiger partial charge in [-0.3, -0.25) is 9.59 Å². The van der Waals surface area contributed by atoms with E-state index in [0.717, 1.165) is 21.2 Å². The molecule has 1 heterocycles. The molecule has 0 aliphatic heterocycles. The highest BCUT2D eigenvalue weighted by atomic mass is 79.9. The van der Waals surface area contributed by atoms with Crippen molar-refractivity contribution in [1.29, 1.82) is 0 Å². The van der Waals surface area contributed by atoms with Gasteiger partial charge in [0.15, 0.2) is 5.78 Å². The average Bonchev–Trinajstić information content (AvgIpc) is 2.63. The minimum Gasteiger partial charge on any atom is -0.319 e. The highest BCUT2D eigenvalue weighted by Gasteiger charge is 2.21. The Bertz CT molecular complexity index is 990. The Hall–Kier alpha value is -2.46. The number of halogens is 1. The standard InChI is InChI=1S/C22H20BrNO2/c1-15-5-3-4-6-19(15)20(16-7-9-18(23)10-8-16)14-21(25)17-11-12-24(2)22(26)13-17/h3-13,20H,14H2,1-2H3. The molecule has 3 rings (SSSR count). The summed E-state index contributed by atoms with van der Waals surface area (Å²) in [6.07, 6.45) is 1.96. The molecular formula is C22H20BrNO2.